The molecule has 0 spiro atoms. The average Bonchev–Trinajstić information content (AvgIpc) is 2.59. The summed E-state index contributed by atoms with van der Waals surface area (Å²) in [7, 11) is 0.412. The first-order chi connectivity index (χ1) is 9.66. The van der Waals surface area contributed by atoms with E-state index in [0.29, 0.717) is 11.3 Å². The second-order valence-electron chi connectivity index (χ2n) is 6.05. The average molecular weight is 294 g/mol. The fraction of sp³-hybridized carbons (Fsp3) is 0.467. The first-order valence-corrected chi connectivity index (χ1v) is 6.76. The standard InChI is InChI=1S/C15H20BFO4/c1-14(2)15(3,4)21-16(20-14)13(17)9-10-6-7-12(19-5)11(18)8-10/h6-9,18H,1-5H3. The molecule has 114 valence electrons. The molecule has 6 heteroatoms. The third-order valence-electron chi connectivity index (χ3n) is 3.99. The molecule has 1 aromatic carbocycles. The molecule has 21 heavy (non-hydrogen) atoms. The zero-order valence-electron chi connectivity index (χ0n) is 12.9. The minimum atomic E-state index is -1.04. The smallest absolute Gasteiger partial charge is 0.504 e. The summed E-state index contributed by atoms with van der Waals surface area (Å²) >= 11 is 0. The molecule has 1 fully saturated rings. The first-order valence-electron chi connectivity index (χ1n) is 6.76. The molecule has 1 N–H and O–H groups in total. The number of aromatic hydroxyl groups is 1. The Kier molecular flexibility index (Phi) is 4.04. The van der Waals surface area contributed by atoms with E-state index >= 15 is 0 Å². The van der Waals surface area contributed by atoms with Crippen molar-refractivity contribution in [3.05, 3.63) is 29.5 Å². The number of benzene rings is 1. The molecule has 0 radical (unpaired) electrons. The molecule has 0 saturated carbocycles. The lowest BCUT2D eigenvalue weighted by molar-refractivity contribution is 0.00578. The van der Waals surface area contributed by atoms with E-state index in [4.69, 9.17) is 14.0 Å². The lowest BCUT2D eigenvalue weighted by Gasteiger charge is -2.32. The lowest BCUT2D eigenvalue weighted by atomic mass is 9.87. The van der Waals surface area contributed by atoms with Gasteiger partial charge in [0.05, 0.1) is 18.3 Å². The summed E-state index contributed by atoms with van der Waals surface area (Å²) in [5.74, 6) is 0.288. The molecule has 1 aliphatic heterocycles. The van der Waals surface area contributed by atoms with Gasteiger partial charge in [0.15, 0.2) is 11.5 Å². The van der Waals surface area contributed by atoms with E-state index in [1.165, 1.54) is 19.3 Å². The van der Waals surface area contributed by atoms with Crippen molar-refractivity contribution in [2.24, 2.45) is 0 Å². The number of halogens is 1. The highest BCUT2D eigenvalue weighted by atomic mass is 19.1. The van der Waals surface area contributed by atoms with Crippen LogP contribution in [-0.2, 0) is 9.31 Å². The van der Waals surface area contributed by atoms with E-state index in [0.717, 1.165) is 0 Å². The summed E-state index contributed by atoms with van der Waals surface area (Å²) in [6.45, 7) is 7.44. The van der Waals surface area contributed by atoms with Gasteiger partial charge in [-0.2, -0.15) is 0 Å². The molecule has 1 saturated heterocycles. The topological polar surface area (TPSA) is 47.9 Å². The predicted molar refractivity (Wildman–Crippen MR) is 79.8 cm³/mol. The zero-order valence-corrected chi connectivity index (χ0v) is 12.9. The summed E-state index contributed by atoms with van der Waals surface area (Å²) in [5, 5.41) is 9.70. The minimum absolute atomic E-state index is 0.0482. The Bertz CT molecular complexity index is 553. The summed E-state index contributed by atoms with van der Waals surface area (Å²) in [6, 6.07) is 4.63. The Morgan fingerprint density at radius 3 is 2.29 bits per heavy atom. The molecular formula is C15H20BFO4. The molecular weight excluding hydrogens is 274 g/mol. The van der Waals surface area contributed by atoms with Gasteiger partial charge in [0.25, 0.3) is 0 Å². The molecule has 4 nitrogen and oxygen atoms in total. The maximum absolute atomic E-state index is 14.3. The Labute approximate surface area is 124 Å². The van der Waals surface area contributed by atoms with E-state index < -0.39 is 24.0 Å². The normalized spacial score (nSPS) is 20.7. The quantitative estimate of drug-likeness (QED) is 0.869. The van der Waals surface area contributed by atoms with Crippen LogP contribution in [0, 0.1) is 0 Å². The molecule has 0 amide bonds. The fourth-order valence-electron chi connectivity index (χ4n) is 1.98. The van der Waals surface area contributed by atoms with Gasteiger partial charge >= 0.3 is 7.12 Å². The maximum atomic E-state index is 14.3. The van der Waals surface area contributed by atoms with Crippen molar-refractivity contribution in [3.63, 3.8) is 0 Å². The summed E-state index contributed by atoms with van der Waals surface area (Å²) in [4.78, 5) is 0. The summed E-state index contributed by atoms with van der Waals surface area (Å²) in [5.41, 5.74) is -1.23. The molecule has 0 aliphatic carbocycles. The lowest BCUT2D eigenvalue weighted by Crippen LogP contribution is -2.41. The Morgan fingerprint density at radius 1 is 1.24 bits per heavy atom. The van der Waals surface area contributed by atoms with Crippen molar-refractivity contribution in [3.8, 4) is 11.5 Å². The van der Waals surface area contributed by atoms with Crippen molar-refractivity contribution in [2.75, 3.05) is 7.11 Å². The van der Waals surface area contributed by atoms with Gasteiger partial charge in [-0.1, -0.05) is 6.07 Å². The number of rotatable bonds is 3. The van der Waals surface area contributed by atoms with Crippen molar-refractivity contribution in [1.29, 1.82) is 0 Å². The molecule has 1 aliphatic rings. The molecule has 0 atom stereocenters. The third kappa shape index (κ3) is 3.06. The van der Waals surface area contributed by atoms with Gasteiger partial charge in [-0.25, -0.2) is 4.39 Å². The highest BCUT2D eigenvalue weighted by Gasteiger charge is 2.53. The minimum Gasteiger partial charge on any atom is -0.504 e. The van der Waals surface area contributed by atoms with Gasteiger partial charge in [-0.15, -0.1) is 0 Å². The second-order valence-corrected chi connectivity index (χ2v) is 6.05. The number of methoxy groups -OCH3 is 1. The number of phenols is 1. The van der Waals surface area contributed by atoms with Crippen LogP contribution in [0.5, 0.6) is 11.5 Å². The molecule has 1 heterocycles. The van der Waals surface area contributed by atoms with E-state index in [1.807, 2.05) is 27.7 Å². The van der Waals surface area contributed by atoms with Crippen molar-refractivity contribution < 1.29 is 23.5 Å². The highest BCUT2D eigenvalue weighted by Crippen LogP contribution is 2.39. The van der Waals surface area contributed by atoms with Crippen LogP contribution in [0.4, 0.5) is 4.39 Å². The van der Waals surface area contributed by atoms with Gasteiger partial charge in [0, 0.05) is 0 Å². The third-order valence-corrected chi connectivity index (χ3v) is 3.99. The van der Waals surface area contributed by atoms with Crippen LogP contribution in [-0.4, -0.2) is 30.5 Å². The van der Waals surface area contributed by atoms with E-state index in [1.54, 1.807) is 12.1 Å². The Balaban J connectivity index is 2.21. The number of ether oxygens (including phenoxy) is 1. The SMILES string of the molecule is COc1ccc(C=C(F)B2OC(C)(C)C(C)(C)O2)cc1O. The first kappa shape index (κ1) is 15.9. The van der Waals surface area contributed by atoms with Gasteiger partial charge in [-0.3, -0.25) is 0 Å². The molecule has 0 unspecified atom stereocenters. The van der Waals surface area contributed by atoms with Gasteiger partial charge in [0.2, 0.25) is 0 Å². The van der Waals surface area contributed by atoms with Crippen LogP contribution < -0.4 is 4.74 Å². The second kappa shape index (κ2) is 5.35. The maximum Gasteiger partial charge on any atom is 0.525 e. The zero-order chi connectivity index (χ0) is 15.8. The van der Waals surface area contributed by atoms with Crippen LogP contribution in [0.2, 0.25) is 0 Å². The Morgan fingerprint density at radius 2 is 1.81 bits per heavy atom. The van der Waals surface area contributed by atoms with Crippen LogP contribution >= 0.6 is 0 Å². The van der Waals surface area contributed by atoms with Crippen LogP contribution in [0.15, 0.2) is 23.9 Å². The molecule has 1 aromatic rings. The van der Waals surface area contributed by atoms with Crippen LogP contribution in [0.3, 0.4) is 0 Å². The van der Waals surface area contributed by atoms with Gasteiger partial charge < -0.3 is 19.2 Å². The summed E-state index contributed by atoms with van der Waals surface area (Å²) in [6.07, 6.45) is 1.28. The predicted octanol–water partition coefficient (Wildman–Crippen LogP) is 3.34. The Hall–Kier alpha value is -1.53. The van der Waals surface area contributed by atoms with Crippen LogP contribution in [0.25, 0.3) is 6.08 Å². The number of hydrogen-bond donors (Lipinski definition) is 1. The van der Waals surface area contributed by atoms with E-state index in [2.05, 4.69) is 0 Å². The number of phenolic OH excluding ortho intramolecular Hbond substituents is 1. The van der Waals surface area contributed by atoms with Crippen molar-refractivity contribution in [1.82, 2.24) is 0 Å². The fourth-order valence-corrected chi connectivity index (χ4v) is 1.98. The largest absolute Gasteiger partial charge is 0.525 e. The van der Waals surface area contributed by atoms with Gasteiger partial charge in [-0.05, 0) is 51.5 Å². The number of hydrogen-bond acceptors (Lipinski definition) is 4. The van der Waals surface area contributed by atoms with E-state index in [-0.39, 0.29) is 5.75 Å². The van der Waals surface area contributed by atoms with Gasteiger partial charge in [0.1, 0.15) is 5.73 Å². The van der Waals surface area contributed by atoms with Crippen molar-refractivity contribution in [2.45, 2.75) is 38.9 Å². The van der Waals surface area contributed by atoms with E-state index in [9.17, 15) is 9.50 Å². The monoisotopic (exact) mass is 294 g/mol. The van der Waals surface area contributed by atoms with Crippen molar-refractivity contribution >= 4 is 13.2 Å². The molecule has 0 bridgehead atoms. The summed E-state index contributed by atoms with van der Waals surface area (Å²) < 4.78 is 30.5. The molecule has 2 rings (SSSR count). The molecule has 0 aromatic heterocycles. The highest BCUT2D eigenvalue weighted by molar-refractivity contribution is 6.54. The van der Waals surface area contributed by atoms with Crippen LogP contribution in [0.1, 0.15) is 33.3 Å².